The van der Waals surface area contributed by atoms with Gasteiger partial charge < -0.3 is 4.74 Å². The summed E-state index contributed by atoms with van der Waals surface area (Å²) in [5.41, 5.74) is 0.980. The van der Waals surface area contributed by atoms with Crippen LogP contribution >= 0.6 is 11.3 Å². The van der Waals surface area contributed by atoms with Crippen molar-refractivity contribution in [3.63, 3.8) is 0 Å². The normalized spacial score (nSPS) is 21.6. The van der Waals surface area contributed by atoms with E-state index in [1.807, 2.05) is 37.5 Å². The number of thiophene rings is 1. The molecule has 1 saturated heterocycles. The number of aromatic nitrogens is 2. The maximum Gasteiger partial charge on any atom is 0.250 e. The molecule has 1 fully saturated rings. The van der Waals surface area contributed by atoms with Crippen LogP contribution in [0.15, 0.2) is 46.9 Å². The van der Waals surface area contributed by atoms with E-state index >= 15 is 0 Å². The van der Waals surface area contributed by atoms with Crippen molar-refractivity contribution >= 4 is 31.4 Å². The number of hydrogen-bond acceptors (Lipinski definition) is 5. The Bertz CT molecular complexity index is 960. The molecule has 0 saturated carbocycles. The van der Waals surface area contributed by atoms with Gasteiger partial charge in [0.1, 0.15) is 4.21 Å². The molecule has 2 atom stereocenters. The third kappa shape index (κ3) is 3.48. The summed E-state index contributed by atoms with van der Waals surface area (Å²) in [4.78, 5) is 0. The zero-order chi connectivity index (χ0) is 17.4. The highest BCUT2D eigenvalue weighted by Gasteiger charge is 2.29. The molecule has 3 heterocycles. The van der Waals surface area contributed by atoms with Crippen molar-refractivity contribution < 1.29 is 13.2 Å². The van der Waals surface area contributed by atoms with Gasteiger partial charge >= 0.3 is 0 Å². The molecule has 1 N–H and O–H groups in total. The first-order valence-electron chi connectivity index (χ1n) is 8.12. The van der Waals surface area contributed by atoms with E-state index in [2.05, 4.69) is 9.82 Å². The SMILES string of the molecule is Cn1cc(C2CC(NS(=O)(=O)c3cc4ccccc4s3)CCO2)cn1. The average molecular weight is 377 g/mol. The summed E-state index contributed by atoms with van der Waals surface area (Å²) in [5.74, 6) is 0. The summed E-state index contributed by atoms with van der Waals surface area (Å²) in [7, 11) is -1.67. The number of hydrogen-bond donors (Lipinski definition) is 1. The van der Waals surface area contributed by atoms with Crippen LogP contribution in [0.25, 0.3) is 10.1 Å². The Hall–Kier alpha value is -1.74. The summed E-state index contributed by atoms with van der Waals surface area (Å²) in [5, 5.41) is 5.11. The second kappa shape index (κ2) is 6.53. The molecule has 1 aliphatic heterocycles. The lowest BCUT2D eigenvalue weighted by Crippen LogP contribution is -2.39. The maximum atomic E-state index is 12.8. The van der Waals surface area contributed by atoms with Gasteiger partial charge in [-0.25, -0.2) is 13.1 Å². The quantitative estimate of drug-likeness (QED) is 0.759. The van der Waals surface area contributed by atoms with Crippen molar-refractivity contribution in [2.75, 3.05) is 6.61 Å². The molecule has 25 heavy (non-hydrogen) atoms. The van der Waals surface area contributed by atoms with Crippen LogP contribution in [0.5, 0.6) is 0 Å². The molecule has 1 aliphatic rings. The highest BCUT2D eigenvalue weighted by Crippen LogP contribution is 2.31. The molecular weight excluding hydrogens is 358 g/mol. The zero-order valence-electron chi connectivity index (χ0n) is 13.8. The van der Waals surface area contributed by atoms with E-state index < -0.39 is 10.0 Å². The number of benzene rings is 1. The van der Waals surface area contributed by atoms with E-state index in [1.165, 1.54) is 11.3 Å². The molecule has 0 bridgehead atoms. The summed E-state index contributed by atoms with van der Waals surface area (Å²) in [6, 6.07) is 9.29. The Morgan fingerprint density at radius 3 is 2.96 bits per heavy atom. The van der Waals surface area contributed by atoms with Gasteiger partial charge in [-0.1, -0.05) is 18.2 Å². The van der Waals surface area contributed by atoms with E-state index in [1.54, 1.807) is 16.9 Å². The minimum Gasteiger partial charge on any atom is -0.373 e. The van der Waals surface area contributed by atoms with E-state index in [-0.39, 0.29) is 12.1 Å². The van der Waals surface area contributed by atoms with Crippen LogP contribution in [0.4, 0.5) is 0 Å². The highest BCUT2D eigenvalue weighted by molar-refractivity contribution is 7.91. The van der Waals surface area contributed by atoms with Crippen molar-refractivity contribution in [3.8, 4) is 0 Å². The number of ether oxygens (including phenoxy) is 1. The smallest absolute Gasteiger partial charge is 0.250 e. The van der Waals surface area contributed by atoms with E-state index in [0.717, 1.165) is 15.6 Å². The molecule has 1 aromatic carbocycles. The van der Waals surface area contributed by atoms with Crippen LogP contribution in [-0.4, -0.2) is 30.8 Å². The number of sulfonamides is 1. The molecule has 8 heteroatoms. The monoisotopic (exact) mass is 377 g/mol. The van der Waals surface area contributed by atoms with Crippen molar-refractivity contribution in [3.05, 3.63) is 48.3 Å². The first-order chi connectivity index (χ1) is 12.0. The first kappa shape index (κ1) is 16.7. The molecule has 0 radical (unpaired) electrons. The van der Waals surface area contributed by atoms with Crippen LogP contribution in [0.3, 0.4) is 0 Å². The Kier molecular flexibility index (Phi) is 4.36. The average Bonchev–Trinajstić information content (AvgIpc) is 3.21. The van der Waals surface area contributed by atoms with Gasteiger partial charge in [0.2, 0.25) is 10.0 Å². The van der Waals surface area contributed by atoms with Gasteiger partial charge in [0, 0.05) is 36.2 Å². The van der Waals surface area contributed by atoms with Crippen molar-refractivity contribution in [1.29, 1.82) is 0 Å². The standard InChI is InChI=1S/C17H19N3O3S2/c1-20-11-13(10-18-20)15-9-14(6-7-23-15)19-25(21,22)17-8-12-4-2-3-5-16(12)24-17/h2-5,8,10-11,14-15,19H,6-7,9H2,1H3. The molecule has 4 rings (SSSR count). The third-order valence-electron chi connectivity index (χ3n) is 4.37. The van der Waals surface area contributed by atoms with Crippen molar-refractivity contribution in [2.45, 2.75) is 29.2 Å². The van der Waals surface area contributed by atoms with Crippen LogP contribution < -0.4 is 4.72 Å². The Morgan fingerprint density at radius 2 is 2.20 bits per heavy atom. The molecule has 0 spiro atoms. The number of aryl methyl sites for hydroxylation is 1. The number of nitrogens with zero attached hydrogens (tertiary/aromatic N) is 2. The lowest BCUT2D eigenvalue weighted by molar-refractivity contribution is 0.00401. The Morgan fingerprint density at radius 1 is 1.36 bits per heavy atom. The molecule has 3 aromatic rings. The van der Waals surface area contributed by atoms with Crippen molar-refractivity contribution in [1.82, 2.24) is 14.5 Å². The second-order valence-electron chi connectivity index (χ2n) is 6.25. The predicted octanol–water partition coefficient (Wildman–Crippen LogP) is 2.83. The van der Waals surface area contributed by atoms with E-state index in [4.69, 9.17) is 4.74 Å². The molecule has 132 valence electrons. The minimum absolute atomic E-state index is 0.127. The molecule has 2 unspecified atom stereocenters. The van der Waals surface area contributed by atoms with Gasteiger partial charge in [0.05, 0.1) is 12.3 Å². The van der Waals surface area contributed by atoms with Gasteiger partial charge in [-0.3, -0.25) is 4.68 Å². The minimum atomic E-state index is -3.53. The summed E-state index contributed by atoms with van der Waals surface area (Å²) >= 11 is 1.30. The van der Waals surface area contributed by atoms with Crippen LogP contribution in [-0.2, 0) is 21.8 Å². The predicted molar refractivity (Wildman–Crippen MR) is 97.1 cm³/mol. The first-order valence-corrected chi connectivity index (χ1v) is 10.4. The topological polar surface area (TPSA) is 73.2 Å². The van der Waals surface area contributed by atoms with Crippen LogP contribution in [0.1, 0.15) is 24.5 Å². The molecular formula is C17H19N3O3S2. The largest absolute Gasteiger partial charge is 0.373 e. The summed E-state index contributed by atoms with van der Waals surface area (Å²) in [6.45, 7) is 0.527. The van der Waals surface area contributed by atoms with Crippen LogP contribution in [0.2, 0.25) is 0 Å². The summed E-state index contributed by atoms with van der Waals surface area (Å²) in [6.07, 6.45) is 4.83. The molecule has 2 aromatic heterocycles. The molecule has 0 aliphatic carbocycles. The molecule has 0 amide bonds. The Labute approximate surface area is 150 Å². The third-order valence-corrected chi connectivity index (χ3v) is 7.48. The maximum absolute atomic E-state index is 12.8. The van der Waals surface area contributed by atoms with Crippen molar-refractivity contribution in [2.24, 2.45) is 7.05 Å². The highest BCUT2D eigenvalue weighted by atomic mass is 32.2. The van der Waals surface area contributed by atoms with Gasteiger partial charge in [0.15, 0.2) is 0 Å². The fourth-order valence-electron chi connectivity index (χ4n) is 3.11. The Balaban J connectivity index is 1.52. The number of rotatable bonds is 4. The molecule has 6 nitrogen and oxygen atoms in total. The van der Waals surface area contributed by atoms with Gasteiger partial charge in [-0.15, -0.1) is 11.3 Å². The lowest BCUT2D eigenvalue weighted by Gasteiger charge is -2.29. The van der Waals surface area contributed by atoms with E-state index in [0.29, 0.717) is 23.7 Å². The fourth-order valence-corrected chi connectivity index (χ4v) is 5.81. The van der Waals surface area contributed by atoms with Gasteiger partial charge in [0.25, 0.3) is 0 Å². The van der Waals surface area contributed by atoms with Gasteiger partial charge in [-0.2, -0.15) is 5.10 Å². The number of nitrogens with one attached hydrogen (secondary N) is 1. The fraction of sp³-hybridized carbons (Fsp3) is 0.353. The van der Waals surface area contributed by atoms with Crippen LogP contribution in [0, 0.1) is 0 Å². The van der Waals surface area contributed by atoms with Gasteiger partial charge in [-0.05, 0) is 30.4 Å². The van der Waals surface area contributed by atoms with E-state index in [9.17, 15) is 8.42 Å². The lowest BCUT2D eigenvalue weighted by atomic mass is 10.0. The number of fused-ring (bicyclic) bond motifs is 1. The summed E-state index contributed by atoms with van der Waals surface area (Å²) < 4.78 is 37.2. The second-order valence-corrected chi connectivity index (χ2v) is 9.28. The zero-order valence-corrected chi connectivity index (χ0v) is 15.4.